The molecule has 0 aromatic carbocycles. The zero-order chi connectivity index (χ0) is 10.3. The van der Waals surface area contributed by atoms with Crippen LogP contribution in [0.1, 0.15) is 33.1 Å². The Morgan fingerprint density at radius 2 is 2.23 bits per heavy atom. The van der Waals surface area contributed by atoms with Gasteiger partial charge in [0, 0.05) is 12.5 Å². The highest BCUT2D eigenvalue weighted by Crippen LogP contribution is 2.11. The van der Waals surface area contributed by atoms with E-state index in [-0.39, 0.29) is 11.9 Å². The lowest BCUT2D eigenvalue weighted by molar-refractivity contribution is -0.118. The van der Waals surface area contributed by atoms with Crippen molar-refractivity contribution < 1.29 is 9.59 Å². The number of hydrogen-bond acceptors (Lipinski definition) is 2. The van der Waals surface area contributed by atoms with Gasteiger partial charge in [-0.25, -0.2) is 0 Å². The van der Waals surface area contributed by atoms with Crippen LogP contribution in [0.3, 0.4) is 0 Å². The summed E-state index contributed by atoms with van der Waals surface area (Å²) >= 11 is 0. The molecular formula is C9H18N2O2. The molecule has 0 aliphatic carbocycles. The lowest BCUT2D eigenvalue weighted by atomic mass is 9.95. The normalized spacial score (nSPS) is 14.6. The largest absolute Gasteiger partial charge is 0.370 e. The van der Waals surface area contributed by atoms with Crippen LogP contribution in [0.25, 0.3) is 0 Å². The van der Waals surface area contributed by atoms with Gasteiger partial charge in [-0.2, -0.15) is 0 Å². The van der Waals surface area contributed by atoms with Crippen molar-refractivity contribution in [3.8, 4) is 0 Å². The van der Waals surface area contributed by atoms with E-state index in [1.165, 1.54) is 0 Å². The van der Waals surface area contributed by atoms with E-state index in [0.29, 0.717) is 25.2 Å². The Morgan fingerprint density at radius 1 is 1.62 bits per heavy atom. The van der Waals surface area contributed by atoms with Crippen LogP contribution in [0.4, 0.5) is 0 Å². The highest BCUT2D eigenvalue weighted by Gasteiger charge is 2.15. The maximum atomic E-state index is 10.5. The minimum Gasteiger partial charge on any atom is -0.370 e. The van der Waals surface area contributed by atoms with E-state index in [9.17, 15) is 9.59 Å². The van der Waals surface area contributed by atoms with Gasteiger partial charge in [-0.05, 0) is 12.3 Å². The second-order valence-corrected chi connectivity index (χ2v) is 3.28. The molecule has 3 N–H and O–H groups in total. The van der Waals surface area contributed by atoms with E-state index < -0.39 is 0 Å². The van der Waals surface area contributed by atoms with Crippen molar-refractivity contribution >= 4 is 12.3 Å². The van der Waals surface area contributed by atoms with Crippen LogP contribution in [-0.4, -0.2) is 18.4 Å². The summed E-state index contributed by atoms with van der Waals surface area (Å²) in [6.45, 7) is 4.09. The third kappa shape index (κ3) is 5.22. The second kappa shape index (κ2) is 6.46. The van der Waals surface area contributed by atoms with Crippen molar-refractivity contribution in [1.82, 2.24) is 5.32 Å². The molecule has 76 valence electrons. The Morgan fingerprint density at radius 3 is 2.62 bits per heavy atom. The van der Waals surface area contributed by atoms with Gasteiger partial charge in [-0.15, -0.1) is 0 Å². The predicted molar refractivity (Wildman–Crippen MR) is 50.9 cm³/mol. The van der Waals surface area contributed by atoms with Crippen molar-refractivity contribution in [2.24, 2.45) is 11.7 Å². The topological polar surface area (TPSA) is 72.2 Å². The average molecular weight is 186 g/mol. The maximum Gasteiger partial charge on any atom is 0.217 e. The van der Waals surface area contributed by atoms with Crippen molar-refractivity contribution in [3.05, 3.63) is 0 Å². The Bertz CT molecular complexity index is 171. The van der Waals surface area contributed by atoms with Crippen LogP contribution in [-0.2, 0) is 9.59 Å². The molecule has 0 heterocycles. The predicted octanol–water partition coefficient (Wildman–Crippen LogP) is 0.413. The molecule has 0 aliphatic rings. The van der Waals surface area contributed by atoms with E-state index in [0.717, 1.165) is 6.42 Å². The first-order valence-electron chi connectivity index (χ1n) is 4.59. The van der Waals surface area contributed by atoms with E-state index in [1.807, 2.05) is 6.92 Å². The summed E-state index contributed by atoms with van der Waals surface area (Å²) in [6.07, 6.45) is 2.61. The third-order valence-electron chi connectivity index (χ3n) is 2.31. The minimum atomic E-state index is -0.319. The summed E-state index contributed by atoms with van der Waals surface area (Å²) in [6, 6.07) is 0.0648. The van der Waals surface area contributed by atoms with Gasteiger partial charge in [-0.3, -0.25) is 9.59 Å². The van der Waals surface area contributed by atoms with Gasteiger partial charge in [0.1, 0.15) is 0 Å². The monoisotopic (exact) mass is 186 g/mol. The van der Waals surface area contributed by atoms with Crippen molar-refractivity contribution in [2.75, 3.05) is 0 Å². The number of nitrogens with two attached hydrogens (primary N) is 1. The van der Waals surface area contributed by atoms with Gasteiger partial charge in [0.15, 0.2) is 0 Å². The van der Waals surface area contributed by atoms with E-state index in [2.05, 4.69) is 12.2 Å². The summed E-state index contributed by atoms with van der Waals surface area (Å²) in [4.78, 5) is 20.8. The summed E-state index contributed by atoms with van der Waals surface area (Å²) < 4.78 is 0. The molecule has 2 atom stereocenters. The van der Waals surface area contributed by atoms with Crippen LogP contribution >= 0.6 is 0 Å². The highest BCUT2D eigenvalue weighted by molar-refractivity contribution is 5.73. The molecule has 0 bridgehead atoms. The molecule has 0 rings (SSSR count). The molecule has 0 aliphatic heterocycles. The van der Waals surface area contributed by atoms with Crippen LogP contribution in [0.5, 0.6) is 0 Å². The molecule has 0 radical (unpaired) electrons. The molecule has 0 aromatic rings. The molecule has 13 heavy (non-hydrogen) atoms. The van der Waals surface area contributed by atoms with Gasteiger partial charge < -0.3 is 11.1 Å². The molecule has 0 saturated carbocycles. The standard InChI is InChI=1S/C9H18N2O2/c1-3-7(2)8(11-6-12)4-5-9(10)13/h6-8H,3-5H2,1-2H3,(H2,10,13)(H,11,12). The SMILES string of the molecule is CCC(C)C(CCC(N)=O)NC=O. The summed E-state index contributed by atoms with van der Waals surface area (Å²) in [7, 11) is 0. The zero-order valence-corrected chi connectivity index (χ0v) is 8.25. The van der Waals surface area contributed by atoms with Gasteiger partial charge in [0.05, 0.1) is 0 Å². The maximum absolute atomic E-state index is 10.5. The first kappa shape index (κ1) is 11.9. The number of hydrogen-bond donors (Lipinski definition) is 2. The molecule has 4 heteroatoms. The highest BCUT2D eigenvalue weighted by atomic mass is 16.1. The van der Waals surface area contributed by atoms with Gasteiger partial charge in [0.2, 0.25) is 12.3 Å². The molecule has 2 unspecified atom stereocenters. The molecule has 4 nitrogen and oxygen atoms in total. The van der Waals surface area contributed by atoms with E-state index >= 15 is 0 Å². The Labute approximate surface area is 78.9 Å². The fraction of sp³-hybridized carbons (Fsp3) is 0.778. The minimum absolute atomic E-state index is 0.0648. The fourth-order valence-electron chi connectivity index (χ4n) is 1.20. The van der Waals surface area contributed by atoms with Crippen LogP contribution < -0.4 is 11.1 Å². The first-order valence-corrected chi connectivity index (χ1v) is 4.59. The second-order valence-electron chi connectivity index (χ2n) is 3.28. The molecule has 0 aromatic heterocycles. The van der Waals surface area contributed by atoms with Crippen molar-refractivity contribution in [3.63, 3.8) is 0 Å². The lowest BCUT2D eigenvalue weighted by Gasteiger charge is -2.21. The summed E-state index contributed by atoms with van der Waals surface area (Å²) in [5.74, 6) is 0.0607. The quantitative estimate of drug-likeness (QED) is 0.565. The lowest BCUT2D eigenvalue weighted by Crippen LogP contribution is -2.34. The molecule has 0 fully saturated rings. The van der Waals surface area contributed by atoms with Gasteiger partial charge >= 0.3 is 0 Å². The first-order chi connectivity index (χ1) is 6.11. The van der Waals surface area contributed by atoms with Crippen LogP contribution in [0, 0.1) is 5.92 Å². The number of nitrogens with one attached hydrogen (secondary N) is 1. The van der Waals surface area contributed by atoms with Crippen LogP contribution in [0.2, 0.25) is 0 Å². The summed E-state index contributed by atoms with van der Waals surface area (Å²) in [5, 5.41) is 2.70. The van der Waals surface area contributed by atoms with Gasteiger partial charge in [-0.1, -0.05) is 20.3 Å². The van der Waals surface area contributed by atoms with Crippen LogP contribution in [0.15, 0.2) is 0 Å². The molecule has 2 amide bonds. The Hall–Kier alpha value is -1.06. The fourth-order valence-corrected chi connectivity index (χ4v) is 1.20. The number of carbonyl (C=O) groups excluding carboxylic acids is 2. The molecule has 0 spiro atoms. The number of primary amides is 1. The number of rotatable bonds is 7. The summed E-state index contributed by atoms with van der Waals surface area (Å²) in [5.41, 5.74) is 5.02. The number of amides is 2. The third-order valence-corrected chi connectivity index (χ3v) is 2.31. The Balaban J connectivity index is 3.92. The molecule has 0 saturated heterocycles. The van der Waals surface area contributed by atoms with Gasteiger partial charge in [0.25, 0.3) is 0 Å². The number of carbonyl (C=O) groups is 2. The Kier molecular flexibility index (Phi) is 5.93. The smallest absolute Gasteiger partial charge is 0.217 e. The zero-order valence-electron chi connectivity index (χ0n) is 8.25. The molecular weight excluding hydrogens is 168 g/mol. The van der Waals surface area contributed by atoms with Crippen molar-refractivity contribution in [2.45, 2.75) is 39.2 Å². The van der Waals surface area contributed by atoms with E-state index in [1.54, 1.807) is 0 Å². The van der Waals surface area contributed by atoms with E-state index in [4.69, 9.17) is 5.73 Å². The average Bonchev–Trinajstić information content (AvgIpc) is 2.10. The van der Waals surface area contributed by atoms with Crippen molar-refractivity contribution in [1.29, 1.82) is 0 Å².